The highest BCUT2D eigenvalue weighted by atomic mass is 35.5. The molecule has 0 saturated carbocycles. The van der Waals surface area contributed by atoms with E-state index in [1.165, 1.54) is 5.06 Å². The lowest BCUT2D eigenvalue weighted by atomic mass is 10.1. The van der Waals surface area contributed by atoms with E-state index in [0.29, 0.717) is 47.9 Å². The van der Waals surface area contributed by atoms with Gasteiger partial charge in [-0.2, -0.15) is 4.98 Å². The third-order valence-electron chi connectivity index (χ3n) is 3.65. The van der Waals surface area contributed by atoms with Gasteiger partial charge in [0.15, 0.2) is 11.5 Å². The van der Waals surface area contributed by atoms with Gasteiger partial charge < -0.3 is 19.9 Å². The van der Waals surface area contributed by atoms with Gasteiger partial charge in [-0.25, -0.2) is 10.0 Å². The molecule has 0 fully saturated rings. The molecule has 0 bridgehead atoms. The second-order valence-electron chi connectivity index (χ2n) is 5.31. The fourth-order valence-electron chi connectivity index (χ4n) is 2.38. The number of anilines is 2. The lowest BCUT2D eigenvalue weighted by Crippen LogP contribution is -2.22. The lowest BCUT2D eigenvalue weighted by Gasteiger charge is -2.17. The number of aromatic nitrogens is 2. The predicted octanol–water partition coefficient (Wildman–Crippen LogP) is 2.70. The Balaban J connectivity index is 0.00000364. The number of nitrogens with zero attached hydrogens (tertiary/aromatic N) is 3. The van der Waals surface area contributed by atoms with E-state index >= 15 is 0 Å². The van der Waals surface area contributed by atoms with Crippen LogP contribution in [0.2, 0.25) is 0 Å². The van der Waals surface area contributed by atoms with E-state index < -0.39 is 0 Å². The van der Waals surface area contributed by atoms with Crippen molar-refractivity contribution in [1.82, 2.24) is 9.97 Å². The van der Waals surface area contributed by atoms with Crippen molar-refractivity contribution in [3.63, 3.8) is 0 Å². The average Bonchev–Trinajstić information content (AvgIpc) is 2.66. The van der Waals surface area contributed by atoms with Crippen LogP contribution in [-0.2, 0) is 11.3 Å². The van der Waals surface area contributed by atoms with Gasteiger partial charge in [-0.05, 0) is 17.7 Å². The number of nitrogens with two attached hydrogens (primary N) is 1. The molecule has 0 aliphatic rings. The first-order valence-electron chi connectivity index (χ1n) is 7.86. The van der Waals surface area contributed by atoms with Crippen LogP contribution in [0.1, 0.15) is 11.1 Å². The van der Waals surface area contributed by atoms with Gasteiger partial charge in [0.05, 0.1) is 27.9 Å². The molecule has 2 rings (SSSR count). The highest BCUT2D eigenvalue weighted by molar-refractivity contribution is 6.17. The molecule has 0 unspecified atom stereocenters. The van der Waals surface area contributed by atoms with Crippen LogP contribution < -0.4 is 25.0 Å². The summed E-state index contributed by atoms with van der Waals surface area (Å²) in [5.74, 6) is 2.79. The first-order valence-corrected chi connectivity index (χ1v) is 8.40. The van der Waals surface area contributed by atoms with E-state index in [4.69, 9.17) is 36.4 Å². The van der Waals surface area contributed by atoms with Crippen LogP contribution in [0.15, 0.2) is 18.3 Å². The molecule has 10 heteroatoms. The van der Waals surface area contributed by atoms with E-state index in [2.05, 4.69) is 9.97 Å². The largest absolute Gasteiger partial charge is 0.493 e. The average molecular weight is 419 g/mol. The molecule has 2 aromatic rings. The molecule has 0 amide bonds. The Morgan fingerprint density at radius 3 is 2.22 bits per heavy atom. The Morgan fingerprint density at radius 2 is 1.74 bits per heavy atom. The summed E-state index contributed by atoms with van der Waals surface area (Å²) in [4.78, 5) is 13.9. The summed E-state index contributed by atoms with van der Waals surface area (Å²) in [6.45, 7) is 0.356. The number of hydrogen-bond donors (Lipinski definition) is 1. The maximum Gasteiger partial charge on any atom is 0.251 e. The van der Waals surface area contributed by atoms with Crippen LogP contribution >= 0.6 is 24.0 Å². The molecule has 27 heavy (non-hydrogen) atoms. The number of alkyl halides is 1. The molecule has 1 aromatic carbocycles. The van der Waals surface area contributed by atoms with Crippen LogP contribution in [-0.4, -0.2) is 50.8 Å². The van der Waals surface area contributed by atoms with Gasteiger partial charge in [0, 0.05) is 31.1 Å². The van der Waals surface area contributed by atoms with Crippen molar-refractivity contribution in [2.75, 3.05) is 51.7 Å². The van der Waals surface area contributed by atoms with Gasteiger partial charge in [0.1, 0.15) is 5.82 Å². The standard InChI is InChI=1S/C17H23ClN4O4.ClH/c1-22(26-6-5-18)17-20-10-12(16(19)21-17)7-11-8-13(23-2)15(25-4)14(9-11)24-3;/h8-10H,5-7H2,1-4H3,(H2,19,20,21);1H. The van der Waals surface area contributed by atoms with Crippen molar-refractivity contribution < 1.29 is 19.0 Å². The summed E-state index contributed by atoms with van der Waals surface area (Å²) in [6.07, 6.45) is 2.18. The molecular weight excluding hydrogens is 395 g/mol. The van der Waals surface area contributed by atoms with E-state index in [1.807, 2.05) is 12.1 Å². The van der Waals surface area contributed by atoms with Gasteiger partial charge in [-0.3, -0.25) is 4.84 Å². The Bertz CT molecular complexity index is 724. The summed E-state index contributed by atoms with van der Waals surface area (Å²) >= 11 is 5.60. The number of nitrogen functional groups attached to an aromatic ring is 1. The number of hydroxylamine groups is 1. The number of hydrogen-bond acceptors (Lipinski definition) is 8. The third kappa shape index (κ3) is 5.66. The SMILES string of the molecule is COc1cc(Cc2cnc(N(C)OCCCl)nc2N)cc(OC)c1OC.Cl. The monoisotopic (exact) mass is 418 g/mol. The molecule has 0 aliphatic heterocycles. The van der Waals surface area contributed by atoms with Crippen molar-refractivity contribution >= 4 is 35.8 Å². The van der Waals surface area contributed by atoms with Crippen LogP contribution in [0.5, 0.6) is 17.2 Å². The highest BCUT2D eigenvalue weighted by Crippen LogP contribution is 2.38. The van der Waals surface area contributed by atoms with E-state index in [-0.39, 0.29) is 12.4 Å². The Kier molecular flexibility index (Phi) is 9.20. The number of rotatable bonds is 9. The molecule has 1 aromatic heterocycles. The van der Waals surface area contributed by atoms with Crippen LogP contribution in [0.4, 0.5) is 11.8 Å². The fourth-order valence-corrected chi connectivity index (χ4v) is 2.45. The number of benzene rings is 1. The smallest absolute Gasteiger partial charge is 0.251 e. The minimum absolute atomic E-state index is 0. The minimum atomic E-state index is 0. The Labute approximate surface area is 169 Å². The number of methoxy groups -OCH3 is 3. The Hall–Kier alpha value is -2.16. The Morgan fingerprint density at radius 1 is 1.11 bits per heavy atom. The molecule has 0 saturated heterocycles. The highest BCUT2D eigenvalue weighted by Gasteiger charge is 2.15. The van der Waals surface area contributed by atoms with Crippen LogP contribution in [0.3, 0.4) is 0 Å². The van der Waals surface area contributed by atoms with Gasteiger partial charge in [0.2, 0.25) is 5.75 Å². The van der Waals surface area contributed by atoms with Gasteiger partial charge in [-0.1, -0.05) is 0 Å². The summed E-state index contributed by atoms with van der Waals surface area (Å²) in [7, 11) is 6.40. The van der Waals surface area contributed by atoms with Crippen molar-refractivity contribution in [2.45, 2.75) is 6.42 Å². The first-order chi connectivity index (χ1) is 12.5. The number of halogens is 2. The zero-order valence-electron chi connectivity index (χ0n) is 15.7. The van der Waals surface area contributed by atoms with E-state index in [0.717, 1.165) is 11.1 Å². The molecular formula is C17H24Cl2N4O4. The molecule has 8 nitrogen and oxygen atoms in total. The predicted molar refractivity (Wildman–Crippen MR) is 108 cm³/mol. The maximum absolute atomic E-state index is 6.09. The summed E-state index contributed by atoms with van der Waals surface area (Å²) in [6, 6.07) is 3.73. The number of ether oxygens (including phenoxy) is 3. The summed E-state index contributed by atoms with van der Waals surface area (Å²) < 4.78 is 16.1. The third-order valence-corrected chi connectivity index (χ3v) is 3.80. The van der Waals surface area contributed by atoms with Gasteiger partial charge in [0.25, 0.3) is 5.95 Å². The molecule has 150 valence electrons. The zero-order chi connectivity index (χ0) is 19.1. The summed E-state index contributed by atoms with van der Waals surface area (Å²) in [5, 5.41) is 1.43. The van der Waals surface area contributed by atoms with Crippen molar-refractivity contribution in [2.24, 2.45) is 0 Å². The molecule has 0 atom stereocenters. The summed E-state index contributed by atoms with van der Waals surface area (Å²) in [5.41, 5.74) is 7.78. The fraction of sp³-hybridized carbons (Fsp3) is 0.412. The van der Waals surface area contributed by atoms with Crippen molar-refractivity contribution in [1.29, 1.82) is 0 Å². The van der Waals surface area contributed by atoms with E-state index in [1.54, 1.807) is 34.6 Å². The topological polar surface area (TPSA) is 92.0 Å². The second-order valence-corrected chi connectivity index (χ2v) is 5.69. The first kappa shape index (κ1) is 22.9. The molecule has 0 radical (unpaired) electrons. The van der Waals surface area contributed by atoms with Gasteiger partial charge >= 0.3 is 0 Å². The molecule has 0 aliphatic carbocycles. The normalized spacial score (nSPS) is 10.1. The quantitative estimate of drug-likeness (QED) is 0.490. The maximum atomic E-state index is 6.09. The van der Waals surface area contributed by atoms with Crippen LogP contribution in [0.25, 0.3) is 0 Å². The van der Waals surface area contributed by atoms with E-state index in [9.17, 15) is 0 Å². The molecule has 2 N–H and O–H groups in total. The van der Waals surface area contributed by atoms with Crippen LogP contribution in [0, 0.1) is 0 Å². The lowest BCUT2D eigenvalue weighted by molar-refractivity contribution is 0.132. The van der Waals surface area contributed by atoms with Gasteiger partial charge in [-0.15, -0.1) is 24.0 Å². The van der Waals surface area contributed by atoms with Crippen molar-refractivity contribution in [3.8, 4) is 17.2 Å². The minimum Gasteiger partial charge on any atom is -0.493 e. The zero-order valence-corrected chi connectivity index (χ0v) is 17.3. The molecule has 0 spiro atoms. The second kappa shape index (κ2) is 10.9. The van der Waals surface area contributed by atoms with Crippen molar-refractivity contribution in [3.05, 3.63) is 29.5 Å². The molecule has 1 heterocycles.